The number of nitrogens with one attached hydrogen (secondary N) is 1. The largest absolute Gasteiger partial charge is 0.354 e. The van der Waals surface area contributed by atoms with Crippen LogP contribution in [-0.2, 0) is 26.2 Å². The molecule has 0 heterocycles. The molecular weight excluding hydrogens is 493 g/mol. The Kier molecular flexibility index (Phi) is 9.79. The van der Waals surface area contributed by atoms with Gasteiger partial charge in [0.1, 0.15) is 18.4 Å². The van der Waals surface area contributed by atoms with Crippen LogP contribution in [0.25, 0.3) is 0 Å². The lowest BCUT2D eigenvalue weighted by molar-refractivity contribution is -0.140. The summed E-state index contributed by atoms with van der Waals surface area (Å²) in [4.78, 5) is 28.2. The van der Waals surface area contributed by atoms with Gasteiger partial charge in [-0.05, 0) is 54.8 Å². The number of rotatable bonds is 12. The van der Waals surface area contributed by atoms with Crippen molar-refractivity contribution in [1.82, 2.24) is 10.2 Å². The topological polar surface area (TPSA) is 86.8 Å². The average molecular weight is 526 g/mol. The average Bonchev–Trinajstić information content (AvgIpc) is 2.92. The minimum Gasteiger partial charge on any atom is -0.354 e. The summed E-state index contributed by atoms with van der Waals surface area (Å²) in [7, 11) is -4.09. The zero-order valence-corrected chi connectivity index (χ0v) is 21.8. The molecule has 0 bridgehead atoms. The first-order valence-corrected chi connectivity index (χ1v) is 13.7. The number of para-hydroxylation sites is 1. The Balaban J connectivity index is 2.00. The number of amides is 2. The molecule has 0 aromatic heterocycles. The molecule has 0 fully saturated rings. The van der Waals surface area contributed by atoms with Crippen LogP contribution in [0.2, 0.25) is 0 Å². The SMILES string of the molecule is CCCNC(=O)C(CC)N(Cc1ccc(F)cc1)C(=O)CN(c1ccccc1)S(=O)(=O)c1ccccc1. The lowest BCUT2D eigenvalue weighted by Crippen LogP contribution is -2.52. The Morgan fingerprint density at radius 1 is 0.892 bits per heavy atom. The fraction of sp³-hybridized carbons (Fsp3) is 0.286. The molecule has 3 rings (SSSR count). The molecule has 3 aromatic carbocycles. The Labute approximate surface area is 218 Å². The molecule has 1 unspecified atom stereocenters. The summed E-state index contributed by atoms with van der Waals surface area (Å²) in [6.07, 6.45) is 1.05. The lowest BCUT2D eigenvalue weighted by Gasteiger charge is -2.33. The summed E-state index contributed by atoms with van der Waals surface area (Å²) in [6.45, 7) is 3.67. The number of carbonyl (C=O) groups is 2. The highest BCUT2D eigenvalue weighted by Gasteiger charge is 2.33. The van der Waals surface area contributed by atoms with Crippen molar-refractivity contribution in [3.05, 3.63) is 96.3 Å². The normalized spacial score (nSPS) is 12.0. The highest BCUT2D eigenvalue weighted by atomic mass is 32.2. The predicted octanol–water partition coefficient (Wildman–Crippen LogP) is 4.35. The Bertz CT molecular complexity index is 1270. The molecule has 1 atom stereocenters. The van der Waals surface area contributed by atoms with Gasteiger partial charge in [0.2, 0.25) is 11.8 Å². The van der Waals surface area contributed by atoms with E-state index in [9.17, 15) is 22.4 Å². The van der Waals surface area contributed by atoms with Crippen molar-refractivity contribution >= 4 is 27.5 Å². The molecule has 2 amide bonds. The van der Waals surface area contributed by atoms with E-state index in [2.05, 4.69) is 5.32 Å². The molecular formula is C28H32FN3O4S. The number of halogens is 1. The van der Waals surface area contributed by atoms with Crippen molar-refractivity contribution in [2.24, 2.45) is 0 Å². The van der Waals surface area contributed by atoms with E-state index in [1.807, 2.05) is 6.92 Å². The predicted molar refractivity (Wildman–Crippen MR) is 142 cm³/mol. The van der Waals surface area contributed by atoms with Crippen molar-refractivity contribution in [3.8, 4) is 0 Å². The first-order valence-electron chi connectivity index (χ1n) is 12.2. The van der Waals surface area contributed by atoms with Gasteiger partial charge in [-0.2, -0.15) is 0 Å². The minimum absolute atomic E-state index is 0.0190. The van der Waals surface area contributed by atoms with Crippen LogP contribution in [0.3, 0.4) is 0 Å². The molecule has 0 aliphatic heterocycles. The van der Waals surface area contributed by atoms with E-state index < -0.39 is 34.3 Å². The summed E-state index contributed by atoms with van der Waals surface area (Å²) in [5, 5.41) is 2.83. The number of benzene rings is 3. The van der Waals surface area contributed by atoms with Crippen LogP contribution in [0.4, 0.5) is 10.1 Å². The molecule has 7 nitrogen and oxygen atoms in total. The van der Waals surface area contributed by atoms with Crippen molar-refractivity contribution in [2.75, 3.05) is 17.4 Å². The second-order valence-electron chi connectivity index (χ2n) is 8.52. The van der Waals surface area contributed by atoms with Crippen molar-refractivity contribution < 1.29 is 22.4 Å². The quantitative estimate of drug-likeness (QED) is 0.381. The van der Waals surface area contributed by atoms with Crippen LogP contribution in [0, 0.1) is 5.82 Å². The van der Waals surface area contributed by atoms with Crippen LogP contribution < -0.4 is 9.62 Å². The number of hydrogen-bond acceptors (Lipinski definition) is 4. The van der Waals surface area contributed by atoms with Gasteiger partial charge >= 0.3 is 0 Å². The lowest BCUT2D eigenvalue weighted by atomic mass is 10.1. The Morgan fingerprint density at radius 2 is 1.49 bits per heavy atom. The van der Waals surface area contributed by atoms with Gasteiger partial charge in [0.25, 0.3) is 10.0 Å². The highest BCUT2D eigenvalue weighted by molar-refractivity contribution is 7.92. The van der Waals surface area contributed by atoms with E-state index >= 15 is 0 Å². The number of anilines is 1. The third-order valence-electron chi connectivity index (χ3n) is 5.86. The molecule has 196 valence electrons. The smallest absolute Gasteiger partial charge is 0.264 e. The van der Waals surface area contributed by atoms with Gasteiger partial charge in [-0.3, -0.25) is 13.9 Å². The summed E-state index contributed by atoms with van der Waals surface area (Å²) >= 11 is 0. The summed E-state index contributed by atoms with van der Waals surface area (Å²) in [5.41, 5.74) is 0.943. The zero-order valence-electron chi connectivity index (χ0n) is 21.0. The van der Waals surface area contributed by atoms with Gasteiger partial charge < -0.3 is 10.2 Å². The number of nitrogens with zero attached hydrogens (tertiary/aromatic N) is 2. The van der Waals surface area contributed by atoms with Crippen LogP contribution in [0.1, 0.15) is 32.3 Å². The first kappa shape index (κ1) is 27.9. The van der Waals surface area contributed by atoms with E-state index in [1.165, 1.54) is 29.2 Å². The van der Waals surface area contributed by atoms with E-state index in [0.717, 1.165) is 10.7 Å². The maximum absolute atomic E-state index is 13.8. The molecule has 9 heteroatoms. The van der Waals surface area contributed by atoms with Crippen LogP contribution in [-0.4, -0.2) is 44.3 Å². The molecule has 0 aliphatic carbocycles. The van der Waals surface area contributed by atoms with Crippen molar-refractivity contribution in [3.63, 3.8) is 0 Å². The Morgan fingerprint density at radius 3 is 2.05 bits per heavy atom. The van der Waals surface area contributed by atoms with Gasteiger partial charge in [-0.15, -0.1) is 0 Å². The molecule has 0 saturated heterocycles. The second-order valence-corrected chi connectivity index (χ2v) is 10.4. The standard InChI is InChI=1S/C28H32FN3O4S/c1-3-19-30-28(34)26(4-2)31(20-22-15-17-23(29)18-16-22)27(33)21-32(24-11-7-5-8-12-24)37(35,36)25-13-9-6-10-14-25/h5-18,26H,3-4,19-21H2,1-2H3,(H,30,34). The fourth-order valence-electron chi connectivity index (χ4n) is 3.91. The van der Waals surface area contributed by atoms with E-state index in [-0.39, 0.29) is 17.3 Å². The molecule has 1 N–H and O–H groups in total. The van der Waals surface area contributed by atoms with Gasteiger partial charge in [0.05, 0.1) is 10.6 Å². The second kappa shape index (κ2) is 13.0. The van der Waals surface area contributed by atoms with Gasteiger partial charge in [-0.1, -0.05) is 62.4 Å². The highest BCUT2D eigenvalue weighted by Crippen LogP contribution is 2.24. The zero-order chi connectivity index (χ0) is 26.8. The first-order chi connectivity index (χ1) is 17.8. The van der Waals surface area contributed by atoms with Gasteiger partial charge in [0, 0.05) is 13.1 Å². The van der Waals surface area contributed by atoms with Crippen molar-refractivity contribution in [1.29, 1.82) is 0 Å². The summed E-state index contributed by atoms with van der Waals surface area (Å²) in [6, 6.07) is 21.1. The van der Waals surface area contributed by atoms with Crippen LogP contribution in [0.15, 0.2) is 89.8 Å². The molecule has 0 aliphatic rings. The van der Waals surface area contributed by atoms with Crippen LogP contribution >= 0.6 is 0 Å². The maximum Gasteiger partial charge on any atom is 0.264 e. The van der Waals surface area contributed by atoms with Crippen LogP contribution in [0.5, 0.6) is 0 Å². The third-order valence-corrected chi connectivity index (χ3v) is 7.64. The van der Waals surface area contributed by atoms with E-state index in [4.69, 9.17) is 0 Å². The molecule has 3 aromatic rings. The summed E-state index contributed by atoms with van der Waals surface area (Å²) in [5.74, 6) is -1.29. The Hall–Kier alpha value is -3.72. The van der Waals surface area contributed by atoms with Gasteiger partial charge in [-0.25, -0.2) is 12.8 Å². The molecule has 37 heavy (non-hydrogen) atoms. The fourth-order valence-corrected chi connectivity index (χ4v) is 5.35. The van der Waals surface area contributed by atoms with E-state index in [1.54, 1.807) is 67.6 Å². The number of carbonyl (C=O) groups excluding carboxylic acids is 2. The number of hydrogen-bond donors (Lipinski definition) is 1. The molecule has 0 radical (unpaired) electrons. The maximum atomic E-state index is 13.8. The van der Waals surface area contributed by atoms with Gasteiger partial charge in [0.15, 0.2) is 0 Å². The minimum atomic E-state index is -4.09. The number of sulfonamides is 1. The molecule has 0 saturated carbocycles. The summed E-state index contributed by atoms with van der Waals surface area (Å²) < 4.78 is 41.8. The van der Waals surface area contributed by atoms with Crippen molar-refractivity contribution in [2.45, 2.75) is 44.2 Å². The molecule has 0 spiro atoms. The third kappa shape index (κ3) is 7.16. The van der Waals surface area contributed by atoms with E-state index in [0.29, 0.717) is 24.2 Å². The monoisotopic (exact) mass is 525 g/mol.